The Morgan fingerprint density at radius 1 is 1.07 bits per heavy atom. The van der Waals surface area contributed by atoms with E-state index >= 15 is 0 Å². The molecule has 0 fully saturated rings. The molecule has 0 spiro atoms. The number of hydrogen-bond donors (Lipinski definition) is 1. The number of anilines is 1. The molecule has 0 radical (unpaired) electrons. The van der Waals surface area contributed by atoms with Gasteiger partial charge in [0.2, 0.25) is 5.91 Å². The Labute approximate surface area is 172 Å². The summed E-state index contributed by atoms with van der Waals surface area (Å²) in [6.45, 7) is 3.90. The number of thiophene rings is 1. The van der Waals surface area contributed by atoms with Crippen LogP contribution in [0.4, 0.5) is 5.69 Å². The first-order valence-electron chi connectivity index (χ1n) is 8.94. The average Bonchev–Trinajstić information content (AvgIpc) is 3.14. The van der Waals surface area contributed by atoms with Gasteiger partial charge in [0.1, 0.15) is 16.2 Å². The van der Waals surface area contributed by atoms with Crippen LogP contribution in [0.1, 0.15) is 12.5 Å². The number of amides is 1. The average molecular weight is 406 g/mol. The Morgan fingerprint density at radius 2 is 1.89 bits per heavy atom. The number of carbonyl (C=O) groups excluding carboxylic acids is 1. The summed E-state index contributed by atoms with van der Waals surface area (Å²) in [4.78, 5) is 23.5. The molecule has 0 saturated heterocycles. The van der Waals surface area contributed by atoms with Crippen molar-refractivity contribution in [1.29, 1.82) is 0 Å². The van der Waals surface area contributed by atoms with Gasteiger partial charge in [0.25, 0.3) is 0 Å². The molecule has 0 aliphatic heterocycles. The first-order valence-corrected chi connectivity index (χ1v) is 10.6. The maximum absolute atomic E-state index is 12.6. The van der Waals surface area contributed by atoms with Gasteiger partial charge in [0, 0.05) is 16.0 Å². The Kier molecular flexibility index (Phi) is 5.41. The fraction of sp³-hybridized carbons (Fsp3) is 0.136. The van der Waals surface area contributed by atoms with E-state index < -0.39 is 0 Å². The molecule has 0 aliphatic rings. The van der Waals surface area contributed by atoms with Crippen LogP contribution in [0.25, 0.3) is 20.7 Å². The summed E-state index contributed by atoms with van der Waals surface area (Å²) in [6, 6.07) is 20.2. The Balaban J connectivity index is 1.55. The lowest BCUT2D eigenvalue weighted by atomic mass is 10.2. The van der Waals surface area contributed by atoms with Crippen LogP contribution in [0.3, 0.4) is 0 Å². The smallest absolute Gasteiger partial charge is 0.237 e. The molecule has 0 unspecified atom stereocenters. The van der Waals surface area contributed by atoms with E-state index in [4.69, 9.17) is 0 Å². The summed E-state index contributed by atoms with van der Waals surface area (Å²) >= 11 is 3.10. The largest absolute Gasteiger partial charge is 0.325 e. The van der Waals surface area contributed by atoms with Crippen LogP contribution in [-0.2, 0) is 4.79 Å². The minimum Gasteiger partial charge on any atom is -0.325 e. The van der Waals surface area contributed by atoms with Gasteiger partial charge in [-0.15, -0.1) is 11.3 Å². The zero-order chi connectivity index (χ0) is 19.5. The number of carbonyl (C=O) groups is 1. The number of thioether (sulfide) groups is 1. The molecule has 4 rings (SSSR count). The fourth-order valence-corrected chi connectivity index (χ4v) is 4.82. The van der Waals surface area contributed by atoms with Crippen molar-refractivity contribution in [3.05, 3.63) is 72.6 Å². The Bertz CT molecular complexity index is 1130. The van der Waals surface area contributed by atoms with Gasteiger partial charge in [-0.2, -0.15) is 0 Å². The quantitative estimate of drug-likeness (QED) is 0.337. The van der Waals surface area contributed by atoms with Gasteiger partial charge < -0.3 is 5.32 Å². The second kappa shape index (κ2) is 8.12. The first-order chi connectivity index (χ1) is 13.6. The molecular weight excluding hydrogens is 386 g/mol. The van der Waals surface area contributed by atoms with E-state index in [9.17, 15) is 4.79 Å². The van der Waals surface area contributed by atoms with Gasteiger partial charge in [-0.3, -0.25) is 4.79 Å². The maximum Gasteiger partial charge on any atom is 0.237 e. The monoisotopic (exact) mass is 405 g/mol. The summed E-state index contributed by atoms with van der Waals surface area (Å²) in [5, 5.41) is 4.52. The number of fused-ring (bicyclic) bond motifs is 1. The van der Waals surface area contributed by atoms with Gasteiger partial charge in [-0.25, -0.2) is 9.97 Å². The summed E-state index contributed by atoms with van der Waals surface area (Å²) in [5.74, 6) is -0.0409. The molecule has 28 heavy (non-hydrogen) atoms. The van der Waals surface area contributed by atoms with Crippen molar-refractivity contribution in [1.82, 2.24) is 9.97 Å². The number of rotatable bonds is 5. The number of benzene rings is 2. The molecule has 140 valence electrons. The third kappa shape index (κ3) is 4.08. The van der Waals surface area contributed by atoms with Crippen LogP contribution in [0, 0.1) is 6.92 Å². The van der Waals surface area contributed by atoms with Crippen molar-refractivity contribution in [2.24, 2.45) is 0 Å². The number of aryl methyl sites for hydroxylation is 1. The highest BCUT2D eigenvalue weighted by Crippen LogP contribution is 2.37. The molecule has 2 aromatic carbocycles. The van der Waals surface area contributed by atoms with Crippen molar-refractivity contribution < 1.29 is 4.79 Å². The molecule has 2 heterocycles. The van der Waals surface area contributed by atoms with Crippen molar-refractivity contribution in [2.45, 2.75) is 24.1 Å². The van der Waals surface area contributed by atoms with Crippen molar-refractivity contribution in [3.63, 3.8) is 0 Å². The van der Waals surface area contributed by atoms with Crippen LogP contribution in [0.5, 0.6) is 0 Å². The molecule has 1 amide bonds. The van der Waals surface area contributed by atoms with Gasteiger partial charge in [-0.05, 0) is 43.2 Å². The van der Waals surface area contributed by atoms with Crippen molar-refractivity contribution in [2.75, 3.05) is 5.32 Å². The number of nitrogens with one attached hydrogen (secondary N) is 1. The van der Waals surface area contributed by atoms with Crippen LogP contribution in [0.15, 0.2) is 72.0 Å². The highest BCUT2D eigenvalue weighted by Gasteiger charge is 2.18. The molecule has 0 aliphatic carbocycles. The number of aromatic nitrogens is 2. The molecule has 4 aromatic rings. The van der Waals surface area contributed by atoms with Crippen molar-refractivity contribution in [3.8, 4) is 10.4 Å². The maximum atomic E-state index is 12.6. The summed E-state index contributed by atoms with van der Waals surface area (Å²) in [6.07, 6.45) is 1.57. The molecule has 1 atom stereocenters. The van der Waals surface area contributed by atoms with Gasteiger partial charge in [0.15, 0.2) is 0 Å². The highest BCUT2D eigenvalue weighted by molar-refractivity contribution is 8.00. The van der Waals surface area contributed by atoms with Crippen LogP contribution in [0.2, 0.25) is 0 Å². The van der Waals surface area contributed by atoms with E-state index in [1.54, 1.807) is 17.7 Å². The lowest BCUT2D eigenvalue weighted by molar-refractivity contribution is -0.115. The van der Waals surface area contributed by atoms with E-state index in [1.165, 1.54) is 11.8 Å². The Hall–Kier alpha value is -2.70. The predicted octanol–water partition coefficient (Wildman–Crippen LogP) is 5.79. The van der Waals surface area contributed by atoms with Gasteiger partial charge in [-0.1, -0.05) is 54.2 Å². The third-order valence-corrected chi connectivity index (χ3v) is 6.50. The minimum absolute atomic E-state index is 0.0409. The molecule has 0 saturated carbocycles. The molecule has 0 bridgehead atoms. The standard InChI is InChI=1S/C22H19N3OS2/c1-14-7-6-10-17(11-14)25-20(26)15(2)27-21-18-12-19(16-8-4-3-5-9-16)28-22(18)24-13-23-21/h3-13,15H,1-2H3,(H,25,26)/t15-/m0/s1. The summed E-state index contributed by atoms with van der Waals surface area (Å²) < 4.78 is 0. The van der Waals surface area contributed by atoms with Gasteiger partial charge in [0.05, 0.1) is 5.25 Å². The second-order valence-corrected chi connectivity index (χ2v) is 8.85. The third-order valence-electron chi connectivity index (χ3n) is 4.29. The zero-order valence-electron chi connectivity index (χ0n) is 15.5. The van der Waals surface area contributed by atoms with Crippen molar-refractivity contribution >= 4 is 44.9 Å². The molecule has 1 N–H and O–H groups in total. The zero-order valence-corrected chi connectivity index (χ0v) is 17.2. The summed E-state index contributed by atoms with van der Waals surface area (Å²) in [7, 11) is 0. The van der Waals surface area contributed by atoms with Crippen LogP contribution >= 0.6 is 23.1 Å². The van der Waals surface area contributed by atoms with Gasteiger partial charge >= 0.3 is 0 Å². The van der Waals surface area contributed by atoms with E-state index in [2.05, 4.69) is 33.5 Å². The minimum atomic E-state index is -0.279. The lowest BCUT2D eigenvalue weighted by Crippen LogP contribution is -2.22. The normalized spacial score (nSPS) is 12.1. The predicted molar refractivity (Wildman–Crippen MR) is 118 cm³/mol. The highest BCUT2D eigenvalue weighted by atomic mass is 32.2. The van der Waals surface area contributed by atoms with E-state index in [-0.39, 0.29) is 11.2 Å². The van der Waals surface area contributed by atoms with Crippen LogP contribution < -0.4 is 5.32 Å². The SMILES string of the molecule is Cc1cccc(NC(=O)[C@H](C)Sc2ncnc3sc(-c4ccccc4)cc23)c1. The summed E-state index contributed by atoms with van der Waals surface area (Å²) in [5.41, 5.74) is 3.08. The Morgan fingerprint density at radius 3 is 2.68 bits per heavy atom. The topological polar surface area (TPSA) is 54.9 Å². The molecule has 6 heteroatoms. The van der Waals surface area contributed by atoms with E-state index in [0.717, 1.165) is 36.9 Å². The van der Waals surface area contributed by atoms with E-state index in [0.29, 0.717) is 0 Å². The van der Waals surface area contributed by atoms with E-state index in [1.807, 2.05) is 56.3 Å². The lowest BCUT2D eigenvalue weighted by Gasteiger charge is -2.12. The van der Waals surface area contributed by atoms with Crippen LogP contribution in [-0.4, -0.2) is 21.1 Å². The number of nitrogens with zero attached hydrogens (tertiary/aromatic N) is 2. The molecular formula is C22H19N3OS2. The first kappa shape index (κ1) is 18.7. The fourth-order valence-electron chi connectivity index (χ4n) is 2.86. The molecule has 2 aromatic heterocycles. The molecule has 4 nitrogen and oxygen atoms in total. The number of hydrogen-bond acceptors (Lipinski definition) is 5. The second-order valence-electron chi connectivity index (χ2n) is 6.49.